The van der Waals surface area contributed by atoms with Crippen LogP contribution in [0.1, 0.15) is 59.7 Å². The zero-order valence-corrected chi connectivity index (χ0v) is 22.5. The highest BCUT2D eigenvalue weighted by molar-refractivity contribution is 7.10. The highest BCUT2D eigenvalue weighted by Gasteiger charge is 2.15. The zero-order chi connectivity index (χ0) is 26.2. The highest BCUT2D eigenvalue weighted by atomic mass is 32.1. The highest BCUT2D eigenvalue weighted by Crippen LogP contribution is 2.32. The van der Waals surface area contributed by atoms with E-state index in [0.29, 0.717) is 6.54 Å². The number of anilines is 2. The maximum atomic E-state index is 11.1. The molecule has 3 N–H and O–H groups in total. The molecule has 1 saturated carbocycles. The topological polar surface area (TPSA) is 74.2 Å². The van der Waals surface area contributed by atoms with Crippen LogP contribution >= 0.6 is 11.3 Å². The molecule has 0 unspecified atom stereocenters. The van der Waals surface area contributed by atoms with Gasteiger partial charge in [-0.05, 0) is 60.1 Å². The van der Waals surface area contributed by atoms with Crippen molar-refractivity contribution in [1.29, 1.82) is 0 Å². The van der Waals surface area contributed by atoms with E-state index in [4.69, 9.17) is 10.1 Å². The summed E-state index contributed by atoms with van der Waals surface area (Å²) in [5.74, 6) is -0.0720. The number of benzene rings is 3. The third-order valence-corrected chi connectivity index (χ3v) is 8.17. The molecule has 1 heterocycles. The van der Waals surface area contributed by atoms with Crippen molar-refractivity contribution < 1.29 is 9.90 Å². The monoisotopic (exact) mass is 525 g/mol. The lowest BCUT2D eigenvalue weighted by molar-refractivity contribution is -0.136. The molecule has 0 saturated heterocycles. The summed E-state index contributed by atoms with van der Waals surface area (Å²) >= 11 is 1.60. The van der Waals surface area contributed by atoms with E-state index in [0.717, 1.165) is 52.1 Å². The fourth-order valence-corrected chi connectivity index (χ4v) is 5.95. The van der Waals surface area contributed by atoms with Gasteiger partial charge in [0.1, 0.15) is 5.01 Å². The minimum absolute atomic E-state index is 0.000619. The van der Waals surface area contributed by atoms with Gasteiger partial charge < -0.3 is 15.7 Å². The van der Waals surface area contributed by atoms with Gasteiger partial charge in [-0.15, -0.1) is 11.3 Å². The van der Waals surface area contributed by atoms with Crippen LogP contribution in [-0.4, -0.2) is 22.6 Å². The fraction of sp³-hybridized carbons (Fsp3) is 0.312. The molecule has 0 spiro atoms. The first-order valence-electron chi connectivity index (χ1n) is 13.6. The summed E-state index contributed by atoms with van der Waals surface area (Å²) in [6.07, 6.45) is 7.85. The minimum atomic E-state index is -0.836. The lowest BCUT2D eigenvalue weighted by Crippen LogP contribution is -2.06. The van der Waals surface area contributed by atoms with Crippen molar-refractivity contribution in [3.05, 3.63) is 99.9 Å². The lowest BCUT2D eigenvalue weighted by Gasteiger charge is -2.22. The van der Waals surface area contributed by atoms with Gasteiger partial charge in [0.2, 0.25) is 0 Å². The molecule has 0 amide bonds. The molecule has 0 aliphatic heterocycles. The van der Waals surface area contributed by atoms with Gasteiger partial charge in [-0.2, -0.15) is 0 Å². The number of aliphatic carboxylic acids is 1. The number of para-hydroxylation sites is 1. The number of carboxylic acid groups (broad SMARTS) is 1. The number of rotatable bonds is 11. The summed E-state index contributed by atoms with van der Waals surface area (Å²) < 4.78 is 0. The molecule has 1 aliphatic carbocycles. The Labute approximate surface area is 229 Å². The molecule has 5 rings (SSSR count). The summed E-state index contributed by atoms with van der Waals surface area (Å²) in [6, 6.07) is 25.2. The Kier molecular flexibility index (Phi) is 8.71. The van der Waals surface area contributed by atoms with E-state index in [1.165, 1.54) is 43.2 Å². The van der Waals surface area contributed by atoms with Crippen LogP contribution in [-0.2, 0) is 24.2 Å². The van der Waals surface area contributed by atoms with Crippen LogP contribution in [0.25, 0.3) is 11.3 Å². The van der Waals surface area contributed by atoms with Gasteiger partial charge in [-0.25, -0.2) is 4.98 Å². The molecule has 6 heteroatoms. The quantitative estimate of drug-likeness (QED) is 0.187. The van der Waals surface area contributed by atoms with Gasteiger partial charge in [-0.1, -0.05) is 73.9 Å². The van der Waals surface area contributed by atoms with Crippen LogP contribution in [0.4, 0.5) is 11.4 Å². The smallest absolute Gasteiger partial charge is 0.307 e. The molecule has 1 aromatic heterocycles. The Morgan fingerprint density at radius 2 is 1.68 bits per heavy atom. The van der Waals surface area contributed by atoms with Crippen molar-refractivity contribution in [2.75, 3.05) is 17.2 Å². The van der Waals surface area contributed by atoms with E-state index >= 15 is 0 Å². The van der Waals surface area contributed by atoms with Gasteiger partial charge in [0.05, 0.1) is 18.7 Å². The van der Waals surface area contributed by atoms with Crippen LogP contribution < -0.4 is 10.6 Å². The Bertz CT molecular complexity index is 1330. The van der Waals surface area contributed by atoms with Gasteiger partial charge in [0.25, 0.3) is 0 Å². The molecule has 0 radical (unpaired) electrons. The zero-order valence-electron chi connectivity index (χ0n) is 21.7. The first-order chi connectivity index (χ1) is 18.6. The number of thiazole rings is 1. The Morgan fingerprint density at radius 3 is 2.45 bits per heavy atom. The van der Waals surface area contributed by atoms with E-state index < -0.39 is 5.97 Å². The van der Waals surface area contributed by atoms with E-state index in [1.54, 1.807) is 11.3 Å². The molecule has 1 fully saturated rings. The molecule has 1 aliphatic rings. The molecule has 5 nitrogen and oxygen atoms in total. The normalized spacial score (nSPS) is 13.8. The van der Waals surface area contributed by atoms with Crippen LogP contribution in [0.2, 0.25) is 0 Å². The minimum Gasteiger partial charge on any atom is -0.481 e. The van der Waals surface area contributed by atoms with Crippen LogP contribution in [0.5, 0.6) is 0 Å². The van der Waals surface area contributed by atoms with Gasteiger partial charge in [-0.3, -0.25) is 4.79 Å². The van der Waals surface area contributed by atoms with E-state index in [9.17, 15) is 4.79 Å². The number of hydrogen-bond acceptors (Lipinski definition) is 5. The third kappa shape index (κ3) is 7.01. The second-order valence-corrected chi connectivity index (χ2v) is 11.0. The molecule has 38 heavy (non-hydrogen) atoms. The van der Waals surface area contributed by atoms with Crippen LogP contribution in [0.3, 0.4) is 0 Å². The number of carbonyl (C=O) groups is 1. The Hall–Kier alpha value is -3.64. The maximum Gasteiger partial charge on any atom is 0.307 e. The molecule has 196 valence electrons. The summed E-state index contributed by atoms with van der Waals surface area (Å²) in [5, 5.41) is 19.0. The molecule has 0 atom stereocenters. The molecule has 0 bridgehead atoms. The SMILES string of the molecule is O=C(O)Cc1ccccc1NCc1nc(-c2ccc(NCCc3ccc(C4CCCCC4)cc3)cc2)cs1. The van der Waals surface area contributed by atoms with Crippen LogP contribution in [0.15, 0.2) is 78.2 Å². The summed E-state index contributed by atoms with van der Waals surface area (Å²) in [6.45, 7) is 1.46. The average molecular weight is 526 g/mol. The first-order valence-corrected chi connectivity index (χ1v) is 14.4. The Balaban J connectivity index is 1.10. The molecule has 3 aromatic carbocycles. The van der Waals surface area contributed by atoms with Crippen molar-refractivity contribution in [3.63, 3.8) is 0 Å². The second-order valence-electron chi connectivity index (χ2n) is 10.0. The standard InChI is InChI=1S/C32H35N3O2S/c36-32(37)20-27-8-4-5-9-29(27)34-21-31-35-30(22-38-31)26-14-16-28(17-15-26)33-19-18-23-10-12-25(13-11-23)24-6-2-1-3-7-24/h4-5,8-17,22,24,33-34H,1-3,6-7,18-21H2,(H,36,37). The van der Waals surface area contributed by atoms with E-state index in [1.807, 2.05) is 24.3 Å². The molecular weight excluding hydrogens is 490 g/mol. The summed E-state index contributed by atoms with van der Waals surface area (Å²) in [5.41, 5.74) is 7.65. The van der Waals surface area contributed by atoms with Gasteiger partial charge in [0.15, 0.2) is 0 Å². The molecular formula is C32H35N3O2S. The van der Waals surface area contributed by atoms with Gasteiger partial charge in [0, 0.05) is 28.9 Å². The lowest BCUT2D eigenvalue weighted by atomic mass is 9.84. The molecule has 4 aromatic rings. The number of nitrogens with one attached hydrogen (secondary N) is 2. The third-order valence-electron chi connectivity index (χ3n) is 7.32. The van der Waals surface area contributed by atoms with Gasteiger partial charge >= 0.3 is 5.97 Å². The maximum absolute atomic E-state index is 11.1. The number of hydrogen-bond donors (Lipinski definition) is 3. The first kappa shape index (κ1) is 26.0. The largest absolute Gasteiger partial charge is 0.481 e. The second kappa shape index (κ2) is 12.7. The predicted molar refractivity (Wildman–Crippen MR) is 157 cm³/mol. The van der Waals surface area contributed by atoms with E-state index in [2.05, 4.69) is 64.5 Å². The summed E-state index contributed by atoms with van der Waals surface area (Å²) in [4.78, 5) is 15.9. The van der Waals surface area contributed by atoms with Crippen molar-refractivity contribution in [1.82, 2.24) is 4.98 Å². The van der Waals surface area contributed by atoms with E-state index in [-0.39, 0.29) is 6.42 Å². The van der Waals surface area contributed by atoms with Crippen molar-refractivity contribution in [2.45, 2.75) is 57.4 Å². The fourth-order valence-electron chi connectivity index (χ4n) is 5.21. The predicted octanol–water partition coefficient (Wildman–Crippen LogP) is 7.75. The number of carboxylic acids is 1. The van der Waals surface area contributed by atoms with Crippen LogP contribution in [0, 0.1) is 0 Å². The van der Waals surface area contributed by atoms with Crippen molar-refractivity contribution in [3.8, 4) is 11.3 Å². The van der Waals surface area contributed by atoms with Crippen molar-refractivity contribution in [2.24, 2.45) is 0 Å². The average Bonchev–Trinajstić information content (AvgIpc) is 3.43. The summed E-state index contributed by atoms with van der Waals surface area (Å²) in [7, 11) is 0. The number of nitrogens with zero attached hydrogens (tertiary/aromatic N) is 1. The Morgan fingerprint density at radius 1 is 0.921 bits per heavy atom. The van der Waals surface area contributed by atoms with Crippen molar-refractivity contribution >= 4 is 28.7 Å². The number of aromatic nitrogens is 1.